The Morgan fingerprint density at radius 2 is 2.07 bits per heavy atom. The van der Waals surface area contributed by atoms with Crippen LogP contribution in [0.3, 0.4) is 0 Å². The van der Waals surface area contributed by atoms with Crippen LogP contribution in [0.1, 0.15) is 27.3 Å². The summed E-state index contributed by atoms with van der Waals surface area (Å²) in [7, 11) is 0. The summed E-state index contributed by atoms with van der Waals surface area (Å²) < 4.78 is 0. The molecule has 27 heavy (non-hydrogen) atoms. The topological polar surface area (TPSA) is 102 Å². The predicted molar refractivity (Wildman–Crippen MR) is 102 cm³/mol. The zero-order chi connectivity index (χ0) is 19.1. The van der Waals surface area contributed by atoms with Gasteiger partial charge < -0.3 is 15.0 Å². The molecule has 0 spiro atoms. The molecule has 1 aromatic carbocycles. The molecule has 0 unspecified atom stereocenters. The first kappa shape index (κ1) is 17.5. The van der Waals surface area contributed by atoms with Crippen molar-refractivity contribution >= 4 is 16.8 Å². The van der Waals surface area contributed by atoms with Crippen LogP contribution in [-0.4, -0.2) is 50.3 Å². The second kappa shape index (κ2) is 6.66. The zero-order valence-corrected chi connectivity index (χ0v) is 15.3. The fourth-order valence-electron chi connectivity index (χ4n) is 3.78. The van der Waals surface area contributed by atoms with Gasteiger partial charge >= 0.3 is 0 Å². The van der Waals surface area contributed by atoms with Gasteiger partial charge in [0.2, 0.25) is 5.56 Å². The van der Waals surface area contributed by atoms with Crippen molar-refractivity contribution in [1.29, 1.82) is 0 Å². The lowest BCUT2D eigenvalue weighted by Gasteiger charge is -2.17. The molecule has 0 bridgehead atoms. The fourth-order valence-corrected chi connectivity index (χ4v) is 3.78. The highest BCUT2D eigenvalue weighted by Crippen LogP contribution is 2.25. The van der Waals surface area contributed by atoms with Crippen molar-refractivity contribution in [2.24, 2.45) is 5.92 Å². The molecule has 4 rings (SSSR count). The van der Waals surface area contributed by atoms with Gasteiger partial charge in [0.25, 0.3) is 5.91 Å². The minimum atomic E-state index is -0.610. The number of aliphatic hydroxyl groups is 1. The number of carbonyl (C=O) groups is 1. The molecule has 0 saturated carbocycles. The van der Waals surface area contributed by atoms with Crippen LogP contribution in [0.25, 0.3) is 10.9 Å². The Bertz CT molecular complexity index is 1070. The number of aliphatic hydroxyl groups excluding tert-OH is 1. The summed E-state index contributed by atoms with van der Waals surface area (Å²) in [6.45, 7) is 4.57. The average Bonchev–Trinajstić information content (AvgIpc) is 3.20. The lowest BCUT2D eigenvalue weighted by atomic mass is 10.00. The number of carbonyl (C=O) groups excluding carboxylic acids is 1. The van der Waals surface area contributed by atoms with E-state index >= 15 is 0 Å². The molecular weight excluding hydrogens is 344 g/mol. The number of H-pyrrole nitrogens is 2. The highest BCUT2D eigenvalue weighted by molar-refractivity contribution is 6.06. The lowest BCUT2D eigenvalue weighted by molar-refractivity contribution is 0.0766. The van der Waals surface area contributed by atoms with E-state index < -0.39 is 6.10 Å². The molecule has 1 amide bonds. The van der Waals surface area contributed by atoms with Crippen LogP contribution in [0.4, 0.5) is 0 Å². The van der Waals surface area contributed by atoms with Crippen LogP contribution in [0.5, 0.6) is 0 Å². The summed E-state index contributed by atoms with van der Waals surface area (Å²) in [6.07, 6.45) is -0.00853. The number of pyridine rings is 1. The van der Waals surface area contributed by atoms with Gasteiger partial charge in [-0.1, -0.05) is 11.6 Å². The van der Waals surface area contributed by atoms with E-state index in [4.69, 9.17) is 0 Å². The van der Waals surface area contributed by atoms with Gasteiger partial charge in [0.1, 0.15) is 0 Å². The van der Waals surface area contributed by atoms with Crippen molar-refractivity contribution in [3.8, 4) is 0 Å². The molecule has 7 heteroatoms. The number of nitrogens with zero attached hydrogens (tertiary/aromatic N) is 2. The molecular formula is C20H22N4O3. The highest BCUT2D eigenvalue weighted by atomic mass is 16.3. The standard InChI is InChI=1S/C20H22N4O3/c1-11-3-4-17-15(5-11)16(8-19(26)21-17)20(27)24-9-13(18(25)10-24)7-14-6-12(2)22-23-14/h3-6,8,13,18,25H,7,9-10H2,1-2H3,(H,21,26)(H,22,23)/t13-,18-/m1/s1. The smallest absolute Gasteiger partial charge is 0.254 e. The molecule has 0 aliphatic carbocycles. The summed E-state index contributed by atoms with van der Waals surface area (Å²) in [5.41, 5.74) is 3.56. The number of aromatic nitrogens is 3. The maximum Gasteiger partial charge on any atom is 0.254 e. The first-order chi connectivity index (χ1) is 12.9. The van der Waals surface area contributed by atoms with Gasteiger partial charge in [0.05, 0.1) is 17.4 Å². The van der Waals surface area contributed by atoms with Crippen LogP contribution in [0.2, 0.25) is 0 Å². The normalized spacial score (nSPS) is 19.7. The Labute approximate surface area is 156 Å². The van der Waals surface area contributed by atoms with Gasteiger partial charge in [-0.15, -0.1) is 0 Å². The molecule has 2 aromatic heterocycles. The van der Waals surface area contributed by atoms with E-state index in [2.05, 4.69) is 15.2 Å². The number of β-amino-alcohol motifs (C(OH)–C–C–N with tert-alkyl or cyclic N) is 1. The first-order valence-electron chi connectivity index (χ1n) is 9.02. The van der Waals surface area contributed by atoms with Crippen LogP contribution in [-0.2, 0) is 6.42 Å². The molecule has 1 fully saturated rings. The maximum absolute atomic E-state index is 13.1. The summed E-state index contributed by atoms with van der Waals surface area (Å²) in [4.78, 5) is 29.5. The van der Waals surface area contributed by atoms with E-state index in [0.717, 1.165) is 22.3 Å². The van der Waals surface area contributed by atoms with Crippen molar-refractivity contribution in [3.63, 3.8) is 0 Å². The second-order valence-electron chi connectivity index (χ2n) is 7.38. The van der Waals surface area contributed by atoms with Crippen molar-refractivity contribution in [3.05, 3.63) is 63.2 Å². The number of benzene rings is 1. The Hall–Kier alpha value is -2.93. The summed E-state index contributed by atoms with van der Waals surface area (Å²) in [5, 5.41) is 18.3. The molecule has 1 aliphatic heterocycles. The number of amides is 1. The maximum atomic E-state index is 13.1. The van der Waals surface area contributed by atoms with E-state index in [0.29, 0.717) is 24.0 Å². The number of rotatable bonds is 3. The first-order valence-corrected chi connectivity index (χ1v) is 9.02. The molecule has 2 atom stereocenters. The van der Waals surface area contributed by atoms with E-state index in [1.165, 1.54) is 6.07 Å². The molecule has 3 aromatic rings. The third-order valence-corrected chi connectivity index (χ3v) is 5.15. The summed E-state index contributed by atoms with van der Waals surface area (Å²) >= 11 is 0. The quantitative estimate of drug-likeness (QED) is 0.654. The van der Waals surface area contributed by atoms with Crippen LogP contribution < -0.4 is 5.56 Å². The predicted octanol–water partition coefficient (Wildman–Crippen LogP) is 1.54. The zero-order valence-electron chi connectivity index (χ0n) is 15.3. The van der Waals surface area contributed by atoms with Crippen molar-refractivity contribution in [1.82, 2.24) is 20.1 Å². The van der Waals surface area contributed by atoms with Crippen LogP contribution in [0.15, 0.2) is 35.1 Å². The third kappa shape index (κ3) is 3.38. The Morgan fingerprint density at radius 3 is 2.81 bits per heavy atom. The van der Waals surface area contributed by atoms with Crippen LogP contribution in [0, 0.1) is 19.8 Å². The SMILES string of the molecule is Cc1ccc2[nH]c(=O)cc(C(=O)N3C[C@@H](Cc4cc(C)[nH]n4)[C@H](O)C3)c2c1. The fraction of sp³-hybridized carbons (Fsp3) is 0.350. The van der Waals surface area contributed by atoms with E-state index in [9.17, 15) is 14.7 Å². The van der Waals surface area contributed by atoms with E-state index in [-0.39, 0.29) is 23.9 Å². The third-order valence-electron chi connectivity index (χ3n) is 5.15. The molecule has 140 valence electrons. The van der Waals surface area contributed by atoms with E-state index in [1.807, 2.05) is 38.1 Å². The molecule has 7 nitrogen and oxygen atoms in total. The highest BCUT2D eigenvalue weighted by Gasteiger charge is 2.35. The minimum absolute atomic E-state index is 0.0772. The lowest BCUT2D eigenvalue weighted by Crippen LogP contribution is -2.30. The summed E-state index contributed by atoms with van der Waals surface area (Å²) in [6, 6.07) is 8.90. The Kier molecular flexibility index (Phi) is 4.31. The van der Waals surface area contributed by atoms with Gasteiger partial charge in [0.15, 0.2) is 0 Å². The molecule has 1 saturated heterocycles. The molecule has 3 N–H and O–H groups in total. The van der Waals surface area contributed by atoms with Gasteiger partial charge in [-0.05, 0) is 38.5 Å². The van der Waals surface area contributed by atoms with Gasteiger partial charge in [-0.3, -0.25) is 14.7 Å². The van der Waals surface area contributed by atoms with Crippen molar-refractivity contribution in [2.45, 2.75) is 26.4 Å². The van der Waals surface area contributed by atoms with Gasteiger partial charge in [0, 0.05) is 41.7 Å². The van der Waals surface area contributed by atoms with Gasteiger partial charge in [-0.2, -0.15) is 5.10 Å². The number of likely N-dealkylation sites (tertiary alicyclic amines) is 1. The monoisotopic (exact) mass is 366 g/mol. The van der Waals surface area contributed by atoms with Crippen molar-refractivity contribution < 1.29 is 9.90 Å². The van der Waals surface area contributed by atoms with Crippen molar-refractivity contribution in [2.75, 3.05) is 13.1 Å². The number of hydrogen-bond donors (Lipinski definition) is 3. The minimum Gasteiger partial charge on any atom is -0.391 e. The molecule has 1 aliphatic rings. The van der Waals surface area contributed by atoms with E-state index in [1.54, 1.807) is 4.90 Å². The number of aromatic amines is 2. The average molecular weight is 366 g/mol. The Morgan fingerprint density at radius 1 is 1.26 bits per heavy atom. The summed E-state index contributed by atoms with van der Waals surface area (Å²) in [5.74, 6) is -0.303. The number of fused-ring (bicyclic) bond motifs is 1. The number of aryl methyl sites for hydroxylation is 2. The number of hydrogen-bond acceptors (Lipinski definition) is 4. The van der Waals surface area contributed by atoms with Crippen LogP contribution >= 0.6 is 0 Å². The van der Waals surface area contributed by atoms with Gasteiger partial charge in [-0.25, -0.2) is 0 Å². The number of nitrogens with one attached hydrogen (secondary N) is 2. The second-order valence-corrected chi connectivity index (χ2v) is 7.38. The largest absolute Gasteiger partial charge is 0.391 e. The Balaban J connectivity index is 1.61. The molecule has 0 radical (unpaired) electrons. The molecule has 3 heterocycles.